The van der Waals surface area contributed by atoms with Crippen LogP contribution in [-0.2, 0) is 0 Å². The first-order valence-electron chi connectivity index (χ1n) is 5.38. The number of aromatic nitrogens is 1. The summed E-state index contributed by atoms with van der Waals surface area (Å²) in [4.78, 5) is 16.0. The summed E-state index contributed by atoms with van der Waals surface area (Å²) in [7, 11) is 0. The lowest BCUT2D eigenvalue weighted by atomic mass is 10.2. The van der Waals surface area contributed by atoms with Crippen LogP contribution in [-0.4, -0.2) is 16.9 Å². The summed E-state index contributed by atoms with van der Waals surface area (Å²) >= 11 is 5.93. The number of nitrogens with two attached hydrogens (primary N) is 1. The molecular formula is C11H15ClN4O. The monoisotopic (exact) mass is 254 g/mol. The standard InChI is InChI=1S/C11H15ClN4O/c1-11(2)5-7(11)14-10(17)9-6(12)3-4-8(15-9)16-13/h3-4,7H,5,13H2,1-2H3,(H,14,17)(H,15,16). The van der Waals surface area contributed by atoms with Gasteiger partial charge >= 0.3 is 0 Å². The molecule has 1 heterocycles. The smallest absolute Gasteiger partial charge is 0.271 e. The van der Waals surface area contributed by atoms with Gasteiger partial charge in [0, 0.05) is 6.04 Å². The molecule has 92 valence electrons. The van der Waals surface area contributed by atoms with E-state index in [4.69, 9.17) is 17.4 Å². The molecule has 6 heteroatoms. The Labute approximate surface area is 105 Å². The molecule has 0 aliphatic heterocycles. The molecule has 1 aliphatic carbocycles. The lowest BCUT2D eigenvalue weighted by molar-refractivity contribution is 0.0941. The number of nitrogen functional groups attached to an aromatic ring is 1. The minimum atomic E-state index is -0.261. The van der Waals surface area contributed by atoms with Gasteiger partial charge < -0.3 is 10.7 Å². The van der Waals surface area contributed by atoms with Crippen LogP contribution < -0.4 is 16.6 Å². The van der Waals surface area contributed by atoms with Crippen molar-refractivity contribution in [1.29, 1.82) is 0 Å². The molecule has 4 N–H and O–H groups in total. The Kier molecular flexibility index (Phi) is 2.97. The quantitative estimate of drug-likeness (QED) is 0.565. The molecule has 0 saturated heterocycles. The molecule has 17 heavy (non-hydrogen) atoms. The Balaban J connectivity index is 2.13. The second-order valence-corrected chi connectivity index (χ2v) is 5.30. The molecule has 1 atom stereocenters. The zero-order chi connectivity index (χ0) is 12.6. The summed E-state index contributed by atoms with van der Waals surface area (Å²) in [6, 6.07) is 3.40. The van der Waals surface area contributed by atoms with E-state index < -0.39 is 0 Å². The van der Waals surface area contributed by atoms with Crippen LogP contribution in [0.2, 0.25) is 5.02 Å². The zero-order valence-corrected chi connectivity index (χ0v) is 10.5. The predicted octanol–water partition coefficient (Wildman–Crippen LogP) is 1.55. The normalized spacial score (nSPS) is 20.8. The highest BCUT2D eigenvalue weighted by Crippen LogP contribution is 2.44. The SMILES string of the molecule is CC1(C)CC1NC(=O)c1nc(NN)ccc1Cl. The van der Waals surface area contributed by atoms with Gasteiger partial charge in [-0.25, -0.2) is 10.8 Å². The van der Waals surface area contributed by atoms with Crippen molar-refractivity contribution in [3.8, 4) is 0 Å². The van der Waals surface area contributed by atoms with Gasteiger partial charge in [-0.1, -0.05) is 25.4 Å². The van der Waals surface area contributed by atoms with Crippen molar-refractivity contribution in [2.45, 2.75) is 26.3 Å². The van der Waals surface area contributed by atoms with Gasteiger partial charge in [0.1, 0.15) is 11.5 Å². The Bertz CT molecular complexity index is 461. The average Bonchev–Trinajstić information content (AvgIpc) is 2.86. The summed E-state index contributed by atoms with van der Waals surface area (Å²) in [6.45, 7) is 4.20. The van der Waals surface area contributed by atoms with Gasteiger partial charge in [0.25, 0.3) is 5.91 Å². The molecule has 1 aliphatic rings. The number of hydrogen-bond acceptors (Lipinski definition) is 4. The minimum Gasteiger partial charge on any atom is -0.347 e. The van der Waals surface area contributed by atoms with Crippen molar-refractivity contribution < 1.29 is 4.79 Å². The molecular weight excluding hydrogens is 240 g/mol. The highest BCUT2D eigenvalue weighted by Gasteiger charge is 2.46. The third kappa shape index (κ3) is 2.50. The van der Waals surface area contributed by atoms with Gasteiger partial charge in [0.2, 0.25) is 0 Å². The number of hydrogen-bond donors (Lipinski definition) is 3. The van der Waals surface area contributed by atoms with Crippen molar-refractivity contribution in [1.82, 2.24) is 10.3 Å². The fourth-order valence-electron chi connectivity index (χ4n) is 1.62. The van der Waals surface area contributed by atoms with Gasteiger partial charge in [-0.2, -0.15) is 0 Å². The topological polar surface area (TPSA) is 80.0 Å². The first-order valence-corrected chi connectivity index (χ1v) is 5.76. The highest BCUT2D eigenvalue weighted by molar-refractivity contribution is 6.33. The van der Waals surface area contributed by atoms with Crippen LogP contribution in [0.1, 0.15) is 30.8 Å². The van der Waals surface area contributed by atoms with Gasteiger partial charge in [-0.05, 0) is 24.0 Å². The molecule has 1 aromatic heterocycles. The maximum Gasteiger partial charge on any atom is 0.271 e. The van der Waals surface area contributed by atoms with E-state index >= 15 is 0 Å². The zero-order valence-electron chi connectivity index (χ0n) is 9.75. The number of anilines is 1. The molecule has 2 rings (SSSR count). The van der Waals surface area contributed by atoms with Crippen LogP contribution in [0, 0.1) is 5.41 Å². The maximum atomic E-state index is 11.9. The highest BCUT2D eigenvalue weighted by atomic mass is 35.5. The lowest BCUT2D eigenvalue weighted by Crippen LogP contribution is -2.29. The predicted molar refractivity (Wildman–Crippen MR) is 66.7 cm³/mol. The number of halogens is 1. The van der Waals surface area contributed by atoms with E-state index in [1.54, 1.807) is 12.1 Å². The molecule has 0 bridgehead atoms. The van der Waals surface area contributed by atoms with E-state index in [-0.39, 0.29) is 23.1 Å². The molecule has 0 radical (unpaired) electrons. The maximum absolute atomic E-state index is 11.9. The van der Waals surface area contributed by atoms with Gasteiger partial charge in [-0.3, -0.25) is 4.79 Å². The number of rotatable bonds is 3. The van der Waals surface area contributed by atoms with E-state index in [0.717, 1.165) is 6.42 Å². The van der Waals surface area contributed by atoms with Crippen LogP contribution in [0.3, 0.4) is 0 Å². The summed E-state index contributed by atoms with van der Waals surface area (Å²) in [5, 5.41) is 3.22. The third-order valence-corrected chi connectivity index (χ3v) is 3.33. The van der Waals surface area contributed by atoms with Crippen molar-refractivity contribution in [3.63, 3.8) is 0 Å². The first-order chi connectivity index (χ1) is 7.94. The van der Waals surface area contributed by atoms with Gasteiger partial charge in [0.15, 0.2) is 0 Å². The molecule has 1 saturated carbocycles. The Hall–Kier alpha value is -1.33. The average molecular weight is 255 g/mol. The Morgan fingerprint density at radius 2 is 2.24 bits per heavy atom. The van der Waals surface area contributed by atoms with Crippen molar-refractivity contribution in [3.05, 3.63) is 22.8 Å². The van der Waals surface area contributed by atoms with Crippen molar-refractivity contribution in [2.24, 2.45) is 11.3 Å². The number of nitrogens with zero attached hydrogens (tertiary/aromatic N) is 1. The molecule has 1 aromatic rings. The second kappa shape index (κ2) is 4.16. The molecule has 1 amide bonds. The van der Waals surface area contributed by atoms with E-state index in [1.807, 2.05) is 0 Å². The molecule has 0 spiro atoms. The fraction of sp³-hybridized carbons (Fsp3) is 0.455. The van der Waals surface area contributed by atoms with Crippen LogP contribution in [0.15, 0.2) is 12.1 Å². The Morgan fingerprint density at radius 3 is 2.76 bits per heavy atom. The number of amides is 1. The van der Waals surface area contributed by atoms with Gasteiger partial charge in [-0.15, -0.1) is 0 Å². The fourth-order valence-corrected chi connectivity index (χ4v) is 1.81. The summed E-state index contributed by atoms with van der Waals surface area (Å²) in [6.07, 6.45) is 0.977. The number of nitrogens with one attached hydrogen (secondary N) is 2. The van der Waals surface area contributed by atoms with Crippen LogP contribution in [0.25, 0.3) is 0 Å². The van der Waals surface area contributed by atoms with Crippen molar-refractivity contribution in [2.75, 3.05) is 5.43 Å². The van der Waals surface area contributed by atoms with E-state index in [1.165, 1.54) is 0 Å². The summed E-state index contributed by atoms with van der Waals surface area (Å²) in [5.41, 5.74) is 2.76. The third-order valence-electron chi connectivity index (χ3n) is 3.03. The van der Waals surface area contributed by atoms with Crippen LogP contribution in [0.5, 0.6) is 0 Å². The number of carbonyl (C=O) groups is 1. The minimum absolute atomic E-state index is 0.172. The second-order valence-electron chi connectivity index (χ2n) is 4.89. The lowest BCUT2D eigenvalue weighted by Gasteiger charge is -2.08. The number of carbonyl (C=O) groups excluding carboxylic acids is 1. The number of pyridine rings is 1. The summed E-state index contributed by atoms with van der Waals surface area (Å²) < 4.78 is 0. The number of hydrazine groups is 1. The van der Waals surface area contributed by atoms with Crippen LogP contribution in [0.4, 0.5) is 5.82 Å². The van der Waals surface area contributed by atoms with Gasteiger partial charge in [0.05, 0.1) is 5.02 Å². The van der Waals surface area contributed by atoms with E-state index in [9.17, 15) is 4.79 Å². The molecule has 5 nitrogen and oxygen atoms in total. The van der Waals surface area contributed by atoms with E-state index in [2.05, 4.69) is 29.6 Å². The molecule has 1 unspecified atom stereocenters. The Morgan fingerprint density at radius 1 is 1.59 bits per heavy atom. The molecule has 0 aromatic carbocycles. The largest absolute Gasteiger partial charge is 0.347 e. The van der Waals surface area contributed by atoms with E-state index in [0.29, 0.717) is 10.8 Å². The van der Waals surface area contributed by atoms with Crippen LogP contribution >= 0.6 is 11.6 Å². The molecule has 1 fully saturated rings. The van der Waals surface area contributed by atoms with Crippen molar-refractivity contribution >= 4 is 23.3 Å². The first kappa shape index (κ1) is 12.1. The summed E-state index contributed by atoms with van der Waals surface area (Å²) in [5.74, 6) is 5.39.